The molecule has 35 heavy (non-hydrogen) atoms. The number of anilines is 1. The normalized spacial score (nSPS) is 15.7. The van der Waals surface area contributed by atoms with E-state index in [1.165, 1.54) is 6.07 Å². The summed E-state index contributed by atoms with van der Waals surface area (Å²) >= 11 is 0. The Morgan fingerprint density at radius 2 is 2.11 bits per heavy atom. The molecule has 1 aromatic carbocycles. The molecule has 3 heterocycles. The smallest absolute Gasteiger partial charge is 0.258 e. The molecule has 1 unspecified atom stereocenters. The van der Waals surface area contributed by atoms with Crippen LogP contribution in [-0.4, -0.2) is 71.3 Å². The molecule has 4 rings (SSSR count). The maximum atomic E-state index is 13.1. The molecular weight excluding hydrogens is 448 g/mol. The predicted octanol–water partition coefficient (Wildman–Crippen LogP) is 2.84. The van der Waals surface area contributed by atoms with E-state index in [0.717, 1.165) is 12.8 Å². The van der Waals surface area contributed by atoms with Gasteiger partial charge in [0.15, 0.2) is 5.65 Å². The van der Waals surface area contributed by atoms with Crippen molar-refractivity contribution in [1.82, 2.24) is 19.4 Å². The number of methoxy groups -OCH3 is 2. The van der Waals surface area contributed by atoms with Crippen LogP contribution < -0.4 is 5.32 Å². The van der Waals surface area contributed by atoms with Crippen LogP contribution in [-0.2, 0) is 16.0 Å². The van der Waals surface area contributed by atoms with E-state index < -0.39 is 0 Å². The number of carbonyl (C=O) groups is 2. The third-order valence-corrected chi connectivity index (χ3v) is 6.04. The lowest BCUT2D eigenvalue weighted by Crippen LogP contribution is -2.42. The summed E-state index contributed by atoms with van der Waals surface area (Å²) < 4.78 is 12.4. The molecule has 0 bridgehead atoms. The summed E-state index contributed by atoms with van der Waals surface area (Å²) in [6.07, 6.45) is 4.09. The standard InChI is InChI=1S/C25H28N6O4/c1-34-11-5-10-31-22-21(28-25(31)29-23(32)18-7-3-6-17(12-18)14-26)13-19(15-27-22)24(33)30-9-4-8-20(16-30)35-2/h3,6-7,12-13,15,20H,4-5,8-11,16H2,1-2H3,(H,28,29,32). The van der Waals surface area contributed by atoms with Gasteiger partial charge in [0.05, 0.1) is 23.3 Å². The van der Waals surface area contributed by atoms with Gasteiger partial charge in [0.1, 0.15) is 5.52 Å². The second-order valence-electron chi connectivity index (χ2n) is 8.40. The molecule has 1 N–H and O–H groups in total. The molecule has 2 amide bonds. The second-order valence-corrected chi connectivity index (χ2v) is 8.40. The second kappa shape index (κ2) is 11.1. The molecule has 0 saturated carbocycles. The van der Waals surface area contributed by atoms with Crippen LogP contribution in [0.25, 0.3) is 11.2 Å². The zero-order valence-electron chi connectivity index (χ0n) is 19.9. The van der Waals surface area contributed by atoms with E-state index in [4.69, 9.17) is 14.7 Å². The number of imidazole rings is 1. The largest absolute Gasteiger partial charge is 0.385 e. The number of pyridine rings is 1. The number of nitriles is 1. The first-order valence-electron chi connectivity index (χ1n) is 11.5. The Hall–Kier alpha value is -3.81. The maximum Gasteiger partial charge on any atom is 0.258 e. The van der Waals surface area contributed by atoms with Crippen LogP contribution >= 0.6 is 0 Å². The summed E-state index contributed by atoms with van der Waals surface area (Å²) in [5.74, 6) is -0.187. The fourth-order valence-corrected chi connectivity index (χ4v) is 4.20. The third kappa shape index (κ3) is 5.48. The average molecular weight is 477 g/mol. The van der Waals surface area contributed by atoms with Gasteiger partial charge in [-0.25, -0.2) is 9.97 Å². The van der Waals surface area contributed by atoms with E-state index in [0.29, 0.717) is 66.5 Å². The number of aryl methyl sites for hydroxylation is 1. The van der Waals surface area contributed by atoms with Crippen molar-refractivity contribution in [2.45, 2.75) is 31.9 Å². The van der Waals surface area contributed by atoms with Gasteiger partial charge in [-0.3, -0.25) is 19.5 Å². The zero-order valence-corrected chi connectivity index (χ0v) is 19.9. The number of aromatic nitrogens is 3. The molecule has 1 saturated heterocycles. The molecule has 0 spiro atoms. The van der Waals surface area contributed by atoms with Crippen molar-refractivity contribution in [3.63, 3.8) is 0 Å². The zero-order chi connectivity index (χ0) is 24.8. The molecule has 1 fully saturated rings. The van der Waals surface area contributed by atoms with E-state index in [1.54, 1.807) is 54.1 Å². The van der Waals surface area contributed by atoms with Crippen LogP contribution in [0.1, 0.15) is 45.5 Å². The molecule has 1 aliphatic heterocycles. The highest BCUT2D eigenvalue weighted by atomic mass is 16.5. The summed E-state index contributed by atoms with van der Waals surface area (Å²) in [4.78, 5) is 36.9. The van der Waals surface area contributed by atoms with Crippen LogP contribution in [0.4, 0.5) is 5.95 Å². The summed E-state index contributed by atoms with van der Waals surface area (Å²) in [7, 11) is 3.29. The molecule has 3 aromatic rings. The fraction of sp³-hybridized carbons (Fsp3) is 0.400. The highest BCUT2D eigenvalue weighted by Gasteiger charge is 2.25. The first-order chi connectivity index (χ1) is 17.0. The first-order valence-corrected chi connectivity index (χ1v) is 11.5. The van der Waals surface area contributed by atoms with Crippen LogP contribution in [0, 0.1) is 11.3 Å². The number of benzene rings is 1. The minimum absolute atomic E-state index is 0.0331. The first kappa shape index (κ1) is 24.3. The van der Waals surface area contributed by atoms with Gasteiger partial charge in [-0.1, -0.05) is 6.07 Å². The summed E-state index contributed by atoms with van der Waals surface area (Å²) in [5, 5.41) is 12.0. The van der Waals surface area contributed by atoms with Gasteiger partial charge >= 0.3 is 0 Å². The van der Waals surface area contributed by atoms with Gasteiger partial charge in [0.2, 0.25) is 5.95 Å². The Bertz CT molecular complexity index is 1260. The predicted molar refractivity (Wildman–Crippen MR) is 129 cm³/mol. The molecule has 10 nitrogen and oxygen atoms in total. The Labute approximate surface area is 203 Å². The van der Waals surface area contributed by atoms with Gasteiger partial charge < -0.3 is 14.4 Å². The molecule has 0 radical (unpaired) electrons. The third-order valence-electron chi connectivity index (χ3n) is 6.04. The van der Waals surface area contributed by atoms with Crippen LogP contribution in [0.5, 0.6) is 0 Å². The van der Waals surface area contributed by atoms with Crippen molar-refractivity contribution in [3.05, 3.63) is 53.2 Å². The van der Waals surface area contributed by atoms with Crippen molar-refractivity contribution < 1.29 is 19.1 Å². The Morgan fingerprint density at radius 3 is 2.89 bits per heavy atom. The number of carbonyl (C=O) groups excluding carboxylic acids is 2. The van der Waals surface area contributed by atoms with E-state index in [1.807, 2.05) is 6.07 Å². The number of fused-ring (bicyclic) bond motifs is 1. The van der Waals surface area contributed by atoms with E-state index >= 15 is 0 Å². The number of likely N-dealkylation sites (tertiary alicyclic amines) is 1. The average Bonchev–Trinajstić information content (AvgIpc) is 3.24. The van der Waals surface area contributed by atoms with E-state index in [9.17, 15) is 9.59 Å². The van der Waals surface area contributed by atoms with Crippen LogP contribution in [0.2, 0.25) is 0 Å². The van der Waals surface area contributed by atoms with Gasteiger partial charge in [0, 0.05) is 52.2 Å². The molecular formula is C25H28N6O4. The lowest BCUT2D eigenvalue weighted by molar-refractivity contribution is 0.0269. The van der Waals surface area contributed by atoms with Crippen molar-refractivity contribution in [3.8, 4) is 6.07 Å². The number of piperidine rings is 1. The van der Waals surface area contributed by atoms with E-state index in [2.05, 4.69) is 15.3 Å². The summed E-state index contributed by atoms with van der Waals surface area (Å²) in [6.45, 7) is 2.26. The van der Waals surface area contributed by atoms with Crippen molar-refractivity contribution in [1.29, 1.82) is 5.26 Å². The fourth-order valence-electron chi connectivity index (χ4n) is 4.20. The van der Waals surface area contributed by atoms with Crippen molar-refractivity contribution in [2.24, 2.45) is 0 Å². The minimum atomic E-state index is -0.388. The van der Waals surface area contributed by atoms with Gasteiger partial charge in [-0.2, -0.15) is 5.26 Å². The quantitative estimate of drug-likeness (QED) is 0.496. The van der Waals surface area contributed by atoms with Crippen molar-refractivity contribution in [2.75, 3.05) is 39.2 Å². The van der Waals surface area contributed by atoms with Gasteiger partial charge in [0.25, 0.3) is 11.8 Å². The number of amides is 2. The molecule has 182 valence electrons. The lowest BCUT2D eigenvalue weighted by atomic mass is 10.1. The van der Waals surface area contributed by atoms with Gasteiger partial charge in [-0.15, -0.1) is 0 Å². The Balaban J connectivity index is 1.63. The maximum absolute atomic E-state index is 13.1. The number of nitrogens with one attached hydrogen (secondary N) is 1. The Morgan fingerprint density at radius 1 is 1.26 bits per heavy atom. The number of nitrogens with zero attached hydrogens (tertiary/aromatic N) is 5. The Kier molecular flexibility index (Phi) is 7.70. The van der Waals surface area contributed by atoms with Crippen molar-refractivity contribution >= 4 is 28.9 Å². The highest BCUT2D eigenvalue weighted by Crippen LogP contribution is 2.22. The number of hydrogen-bond donors (Lipinski definition) is 1. The highest BCUT2D eigenvalue weighted by molar-refractivity contribution is 6.04. The van der Waals surface area contributed by atoms with Crippen LogP contribution in [0.15, 0.2) is 36.5 Å². The monoisotopic (exact) mass is 476 g/mol. The molecule has 1 aliphatic rings. The summed E-state index contributed by atoms with van der Waals surface area (Å²) in [5.41, 5.74) is 2.25. The van der Waals surface area contributed by atoms with Gasteiger partial charge in [-0.05, 0) is 43.5 Å². The number of hydrogen-bond acceptors (Lipinski definition) is 7. The van der Waals surface area contributed by atoms with E-state index in [-0.39, 0.29) is 17.9 Å². The molecule has 1 atom stereocenters. The number of rotatable bonds is 8. The topological polar surface area (TPSA) is 122 Å². The molecule has 2 aromatic heterocycles. The summed E-state index contributed by atoms with van der Waals surface area (Å²) in [6, 6.07) is 10.2. The van der Waals surface area contributed by atoms with Crippen LogP contribution in [0.3, 0.4) is 0 Å². The number of ether oxygens (including phenoxy) is 2. The lowest BCUT2D eigenvalue weighted by Gasteiger charge is -2.31. The molecule has 0 aliphatic carbocycles. The SMILES string of the molecule is COCCCn1c(NC(=O)c2cccc(C#N)c2)nc2cc(C(=O)N3CCCC(OC)C3)cnc21. The minimum Gasteiger partial charge on any atom is -0.385 e. The molecule has 10 heteroatoms.